The van der Waals surface area contributed by atoms with Crippen LogP contribution in [-0.4, -0.2) is 49.5 Å². The number of aryl methyl sites for hydroxylation is 2. The van der Waals surface area contributed by atoms with Crippen LogP contribution in [0.4, 0.5) is 0 Å². The molecule has 0 saturated carbocycles. The normalized spacial score (nSPS) is 20.3. The lowest BCUT2D eigenvalue weighted by Crippen LogP contribution is -2.48. The average Bonchev–Trinajstić information content (AvgIpc) is 2.66. The second kappa shape index (κ2) is 8.63. The number of hydrogen-bond donors (Lipinski definition) is 1. The number of rotatable bonds is 6. The lowest BCUT2D eigenvalue weighted by atomic mass is 9.99. The molecule has 3 rings (SSSR count). The highest BCUT2D eigenvalue weighted by Crippen LogP contribution is 2.32. The molecule has 1 fully saturated rings. The van der Waals surface area contributed by atoms with Gasteiger partial charge < -0.3 is 19.3 Å². The third-order valence-electron chi connectivity index (χ3n) is 5.27. The molecule has 1 heterocycles. The Kier molecular flexibility index (Phi) is 6.24. The first kappa shape index (κ1) is 19.5. The second-order valence-electron chi connectivity index (χ2n) is 7.13. The number of nitrogens with zero attached hydrogens (tertiary/aromatic N) is 1. The SMILES string of the molecule is COc1ccc(O[C@@H]2CCN(Cc3c(C)cccc3C)C[C@H]2O)cc1OC. The topological polar surface area (TPSA) is 51.2 Å². The number of hydrogen-bond acceptors (Lipinski definition) is 5. The van der Waals surface area contributed by atoms with Gasteiger partial charge in [-0.05, 0) is 49.1 Å². The molecule has 0 aromatic heterocycles. The van der Waals surface area contributed by atoms with Crippen LogP contribution in [0.3, 0.4) is 0 Å². The molecule has 0 unspecified atom stereocenters. The number of aliphatic hydroxyl groups is 1. The van der Waals surface area contributed by atoms with E-state index < -0.39 is 6.10 Å². The van der Waals surface area contributed by atoms with Gasteiger partial charge in [-0.15, -0.1) is 0 Å². The van der Waals surface area contributed by atoms with E-state index in [1.54, 1.807) is 20.3 Å². The standard InChI is InChI=1S/C22H29NO4/c1-15-6-5-7-16(2)18(15)13-23-11-10-20(19(24)14-23)27-17-8-9-21(25-3)22(12-17)26-4/h5-9,12,19-20,24H,10-11,13-14H2,1-4H3/t19-,20-/m1/s1. The van der Waals surface area contributed by atoms with Crippen LogP contribution in [-0.2, 0) is 6.54 Å². The van der Waals surface area contributed by atoms with E-state index in [0.717, 1.165) is 19.5 Å². The van der Waals surface area contributed by atoms with E-state index in [0.29, 0.717) is 23.8 Å². The Morgan fingerprint density at radius 3 is 2.37 bits per heavy atom. The highest BCUT2D eigenvalue weighted by molar-refractivity contribution is 5.45. The van der Waals surface area contributed by atoms with Gasteiger partial charge >= 0.3 is 0 Å². The van der Waals surface area contributed by atoms with Gasteiger partial charge in [-0.1, -0.05) is 18.2 Å². The van der Waals surface area contributed by atoms with Gasteiger partial charge in [0.15, 0.2) is 11.5 Å². The maximum atomic E-state index is 10.6. The Morgan fingerprint density at radius 2 is 1.74 bits per heavy atom. The van der Waals surface area contributed by atoms with Gasteiger partial charge in [0.05, 0.1) is 14.2 Å². The lowest BCUT2D eigenvalue weighted by Gasteiger charge is -2.36. The summed E-state index contributed by atoms with van der Waals surface area (Å²) in [5.74, 6) is 1.96. The summed E-state index contributed by atoms with van der Waals surface area (Å²) in [6.45, 7) is 6.64. The van der Waals surface area contributed by atoms with Crippen LogP contribution in [0.1, 0.15) is 23.1 Å². The molecule has 2 aromatic carbocycles. The first-order valence-electron chi connectivity index (χ1n) is 9.36. The van der Waals surface area contributed by atoms with Gasteiger partial charge in [0.1, 0.15) is 18.0 Å². The van der Waals surface area contributed by atoms with E-state index in [1.165, 1.54) is 16.7 Å². The third-order valence-corrected chi connectivity index (χ3v) is 5.27. The van der Waals surface area contributed by atoms with Crippen LogP contribution >= 0.6 is 0 Å². The van der Waals surface area contributed by atoms with E-state index >= 15 is 0 Å². The maximum Gasteiger partial charge on any atom is 0.164 e. The molecule has 146 valence electrons. The second-order valence-corrected chi connectivity index (χ2v) is 7.13. The number of β-amino-alcohol motifs (C(OH)–C–C–N with tert-alkyl or cyclic N) is 1. The van der Waals surface area contributed by atoms with Gasteiger partial charge in [-0.25, -0.2) is 0 Å². The van der Waals surface area contributed by atoms with Gasteiger partial charge in [0.25, 0.3) is 0 Å². The van der Waals surface area contributed by atoms with Crippen molar-refractivity contribution in [2.75, 3.05) is 27.3 Å². The molecule has 1 N–H and O–H groups in total. The Morgan fingerprint density at radius 1 is 1.04 bits per heavy atom. The van der Waals surface area contributed by atoms with Crippen molar-refractivity contribution in [1.82, 2.24) is 4.90 Å². The van der Waals surface area contributed by atoms with Crippen LogP contribution < -0.4 is 14.2 Å². The van der Waals surface area contributed by atoms with Crippen molar-refractivity contribution in [3.8, 4) is 17.2 Å². The highest BCUT2D eigenvalue weighted by Gasteiger charge is 2.29. The van der Waals surface area contributed by atoms with Crippen LogP contribution in [0.2, 0.25) is 0 Å². The van der Waals surface area contributed by atoms with Crippen molar-refractivity contribution in [2.45, 2.75) is 39.0 Å². The molecular weight excluding hydrogens is 342 g/mol. The predicted molar refractivity (Wildman–Crippen MR) is 106 cm³/mol. The number of ether oxygens (including phenoxy) is 3. The van der Waals surface area contributed by atoms with Crippen molar-refractivity contribution < 1.29 is 19.3 Å². The highest BCUT2D eigenvalue weighted by atomic mass is 16.5. The van der Waals surface area contributed by atoms with E-state index in [2.05, 4.69) is 36.9 Å². The summed E-state index contributed by atoms with van der Waals surface area (Å²) < 4.78 is 16.6. The minimum Gasteiger partial charge on any atom is -0.493 e. The molecule has 0 radical (unpaired) electrons. The number of piperidine rings is 1. The van der Waals surface area contributed by atoms with Gasteiger partial charge in [0, 0.05) is 25.7 Å². The summed E-state index contributed by atoms with van der Waals surface area (Å²) in [6.07, 6.45) is 0.0222. The summed E-state index contributed by atoms with van der Waals surface area (Å²) in [4.78, 5) is 2.30. The van der Waals surface area contributed by atoms with Gasteiger partial charge in [-0.2, -0.15) is 0 Å². The van der Waals surface area contributed by atoms with Crippen molar-refractivity contribution in [1.29, 1.82) is 0 Å². The minimum atomic E-state index is -0.531. The van der Waals surface area contributed by atoms with Gasteiger partial charge in [-0.3, -0.25) is 4.90 Å². The Bertz CT molecular complexity index is 757. The van der Waals surface area contributed by atoms with Gasteiger partial charge in [0.2, 0.25) is 0 Å². The van der Waals surface area contributed by atoms with Crippen molar-refractivity contribution in [2.24, 2.45) is 0 Å². The Balaban J connectivity index is 1.62. The monoisotopic (exact) mass is 371 g/mol. The minimum absolute atomic E-state index is 0.225. The molecule has 1 saturated heterocycles. The molecule has 0 spiro atoms. The number of aliphatic hydroxyl groups excluding tert-OH is 1. The average molecular weight is 371 g/mol. The van der Waals surface area contributed by atoms with Crippen molar-refractivity contribution >= 4 is 0 Å². The van der Waals surface area contributed by atoms with E-state index in [1.807, 2.05) is 12.1 Å². The Labute approximate surface area is 161 Å². The molecule has 2 aromatic rings. The quantitative estimate of drug-likeness (QED) is 0.844. The van der Waals surface area contributed by atoms with Crippen LogP contribution in [0.15, 0.2) is 36.4 Å². The summed E-state index contributed by atoms with van der Waals surface area (Å²) in [7, 11) is 3.20. The summed E-state index contributed by atoms with van der Waals surface area (Å²) >= 11 is 0. The Hall–Kier alpha value is -2.24. The molecule has 1 aliphatic rings. The maximum absolute atomic E-state index is 10.6. The zero-order chi connectivity index (χ0) is 19.4. The van der Waals surface area contributed by atoms with E-state index in [4.69, 9.17) is 14.2 Å². The van der Waals surface area contributed by atoms with Crippen LogP contribution in [0.25, 0.3) is 0 Å². The molecule has 0 amide bonds. The predicted octanol–water partition coefficient (Wildman–Crippen LogP) is 3.33. The fourth-order valence-corrected chi connectivity index (χ4v) is 3.64. The lowest BCUT2D eigenvalue weighted by molar-refractivity contribution is -0.0276. The molecule has 0 bridgehead atoms. The zero-order valence-electron chi connectivity index (χ0n) is 16.6. The summed E-state index contributed by atoms with van der Waals surface area (Å²) in [6, 6.07) is 11.8. The number of methoxy groups -OCH3 is 2. The van der Waals surface area contributed by atoms with E-state index in [9.17, 15) is 5.11 Å². The fraction of sp³-hybridized carbons (Fsp3) is 0.455. The molecule has 5 heteroatoms. The fourth-order valence-electron chi connectivity index (χ4n) is 3.64. The third kappa shape index (κ3) is 4.54. The molecule has 27 heavy (non-hydrogen) atoms. The smallest absolute Gasteiger partial charge is 0.164 e. The summed E-state index contributed by atoms with van der Waals surface area (Å²) in [5, 5.41) is 10.6. The number of likely N-dealkylation sites (tertiary alicyclic amines) is 1. The van der Waals surface area contributed by atoms with E-state index in [-0.39, 0.29) is 6.10 Å². The first-order valence-corrected chi connectivity index (χ1v) is 9.36. The molecule has 5 nitrogen and oxygen atoms in total. The zero-order valence-corrected chi connectivity index (χ0v) is 16.6. The molecule has 2 atom stereocenters. The first-order chi connectivity index (χ1) is 13.0. The molecular formula is C22H29NO4. The molecule has 1 aliphatic heterocycles. The van der Waals surface area contributed by atoms with Crippen LogP contribution in [0, 0.1) is 13.8 Å². The summed E-state index contributed by atoms with van der Waals surface area (Å²) in [5.41, 5.74) is 3.95. The van der Waals surface area contributed by atoms with Crippen molar-refractivity contribution in [3.05, 3.63) is 53.1 Å². The van der Waals surface area contributed by atoms with Crippen LogP contribution in [0.5, 0.6) is 17.2 Å². The van der Waals surface area contributed by atoms with Crippen molar-refractivity contribution in [3.63, 3.8) is 0 Å². The largest absolute Gasteiger partial charge is 0.493 e. The number of benzene rings is 2. The molecule has 0 aliphatic carbocycles.